The van der Waals surface area contributed by atoms with Crippen LogP contribution in [0.5, 0.6) is 0 Å². The molecule has 1 aromatic heterocycles. The second kappa shape index (κ2) is 4.25. The molecule has 0 saturated carbocycles. The number of aryl methyl sites for hydroxylation is 1. The minimum Gasteiger partial charge on any atom is -0.382 e. The van der Waals surface area contributed by atoms with E-state index in [1.54, 1.807) is 6.20 Å². The summed E-state index contributed by atoms with van der Waals surface area (Å²) in [6.45, 7) is 4.78. The zero-order chi connectivity index (χ0) is 11.7. The highest BCUT2D eigenvalue weighted by atomic mass is 35.5. The van der Waals surface area contributed by atoms with Crippen molar-refractivity contribution in [1.29, 1.82) is 0 Å². The molecule has 0 spiro atoms. The molecule has 5 nitrogen and oxygen atoms in total. The average Bonchev–Trinajstić information content (AvgIpc) is 2.83. The Kier molecular flexibility index (Phi) is 2.96. The Morgan fingerprint density at radius 2 is 2.50 bits per heavy atom. The predicted octanol–water partition coefficient (Wildman–Crippen LogP) is 1.47. The molecule has 6 heteroatoms. The molecule has 0 N–H and O–H groups in total. The lowest BCUT2D eigenvalue weighted by Gasteiger charge is -2.01. The van der Waals surface area contributed by atoms with Gasteiger partial charge in [0.25, 0.3) is 5.24 Å². The number of hydrogen-bond donors (Lipinski definition) is 0. The van der Waals surface area contributed by atoms with Crippen molar-refractivity contribution < 1.29 is 9.63 Å². The molecule has 16 heavy (non-hydrogen) atoms. The van der Waals surface area contributed by atoms with Crippen LogP contribution >= 0.6 is 11.6 Å². The fourth-order valence-electron chi connectivity index (χ4n) is 1.71. The van der Waals surface area contributed by atoms with Crippen LogP contribution in [0.4, 0.5) is 0 Å². The number of carbonyl (C=O) groups excluding carboxylic acids is 1. The summed E-state index contributed by atoms with van der Waals surface area (Å²) in [6.07, 6.45) is 1.50. The van der Waals surface area contributed by atoms with Gasteiger partial charge >= 0.3 is 0 Å². The summed E-state index contributed by atoms with van der Waals surface area (Å²) in [4.78, 5) is 15.9. The van der Waals surface area contributed by atoms with Crippen LogP contribution in [0.15, 0.2) is 11.4 Å². The minimum atomic E-state index is -0.652. The molecule has 0 amide bonds. The Hall–Kier alpha value is -1.36. The zero-order valence-corrected chi connectivity index (χ0v) is 9.86. The molecule has 0 radical (unpaired) electrons. The Bertz CT molecular complexity index is 453. The summed E-state index contributed by atoms with van der Waals surface area (Å²) >= 11 is 5.35. The van der Waals surface area contributed by atoms with E-state index in [-0.39, 0.29) is 0 Å². The number of rotatable bonds is 3. The fraction of sp³-hybridized carbons (Fsp3) is 0.500. The third-order valence-corrected chi connectivity index (χ3v) is 2.88. The maximum atomic E-state index is 10.9. The van der Waals surface area contributed by atoms with Gasteiger partial charge in [-0.3, -0.25) is 9.48 Å². The molecular formula is C10H12ClN3O2. The highest BCUT2D eigenvalue weighted by molar-refractivity contribution is 6.64. The molecule has 1 aliphatic rings. The smallest absolute Gasteiger partial charge is 0.265 e. The normalized spacial score (nSPS) is 19.4. The van der Waals surface area contributed by atoms with Crippen LogP contribution in [0.25, 0.3) is 0 Å². The summed E-state index contributed by atoms with van der Waals surface area (Å²) in [5.74, 6) is 0. The third-order valence-electron chi connectivity index (χ3n) is 2.64. The van der Waals surface area contributed by atoms with E-state index in [0.717, 1.165) is 23.5 Å². The summed E-state index contributed by atoms with van der Waals surface area (Å²) < 4.78 is 1.87. The van der Waals surface area contributed by atoms with Gasteiger partial charge in [-0.2, -0.15) is 5.10 Å². The van der Waals surface area contributed by atoms with E-state index in [1.807, 2.05) is 18.5 Å². The number of hydrogen-bond acceptors (Lipinski definition) is 4. The number of halogens is 1. The molecule has 1 aliphatic heterocycles. The zero-order valence-electron chi connectivity index (χ0n) is 9.11. The Morgan fingerprint density at radius 3 is 3.00 bits per heavy atom. The SMILES string of the molecule is CCn1ncc(C2=NOC(C(=O)Cl)C2)c1C. The van der Waals surface area contributed by atoms with Crippen molar-refractivity contribution in [2.24, 2.45) is 5.16 Å². The van der Waals surface area contributed by atoms with E-state index in [1.165, 1.54) is 0 Å². The van der Waals surface area contributed by atoms with Gasteiger partial charge in [0.1, 0.15) is 0 Å². The molecule has 0 bridgehead atoms. The minimum absolute atomic E-state index is 0.415. The third kappa shape index (κ3) is 1.82. The maximum absolute atomic E-state index is 10.9. The van der Waals surface area contributed by atoms with Crippen molar-refractivity contribution >= 4 is 22.6 Å². The van der Waals surface area contributed by atoms with E-state index < -0.39 is 11.3 Å². The van der Waals surface area contributed by atoms with Gasteiger partial charge in [0, 0.05) is 24.2 Å². The highest BCUT2D eigenvalue weighted by Gasteiger charge is 2.29. The summed E-state index contributed by atoms with van der Waals surface area (Å²) in [7, 11) is 0. The molecule has 86 valence electrons. The quantitative estimate of drug-likeness (QED) is 0.753. The molecular weight excluding hydrogens is 230 g/mol. The number of aromatic nitrogens is 2. The Morgan fingerprint density at radius 1 is 1.75 bits per heavy atom. The lowest BCUT2D eigenvalue weighted by Crippen LogP contribution is -2.15. The number of carbonyl (C=O) groups is 1. The van der Waals surface area contributed by atoms with Crippen molar-refractivity contribution in [3.05, 3.63) is 17.5 Å². The first-order chi connectivity index (χ1) is 7.63. The Labute approximate surface area is 98.0 Å². The van der Waals surface area contributed by atoms with Gasteiger partial charge in [-0.15, -0.1) is 0 Å². The molecule has 2 rings (SSSR count). The summed E-state index contributed by atoms with van der Waals surface area (Å²) in [5.41, 5.74) is 2.67. The van der Waals surface area contributed by atoms with Crippen LogP contribution < -0.4 is 0 Å². The van der Waals surface area contributed by atoms with E-state index >= 15 is 0 Å². The van der Waals surface area contributed by atoms with Crippen molar-refractivity contribution in [3.8, 4) is 0 Å². The first kappa shape index (κ1) is 11.1. The average molecular weight is 242 g/mol. The van der Waals surface area contributed by atoms with Crippen molar-refractivity contribution in [1.82, 2.24) is 9.78 Å². The van der Waals surface area contributed by atoms with Crippen molar-refractivity contribution in [2.75, 3.05) is 0 Å². The lowest BCUT2D eigenvalue weighted by molar-refractivity contribution is -0.120. The first-order valence-electron chi connectivity index (χ1n) is 5.08. The second-order valence-electron chi connectivity index (χ2n) is 3.60. The van der Waals surface area contributed by atoms with Crippen LogP contribution in [0.1, 0.15) is 24.6 Å². The van der Waals surface area contributed by atoms with Crippen molar-refractivity contribution in [2.45, 2.75) is 32.9 Å². The van der Waals surface area contributed by atoms with E-state index in [2.05, 4.69) is 10.3 Å². The molecule has 1 aromatic rings. The molecule has 0 aliphatic carbocycles. The van der Waals surface area contributed by atoms with E-state index in [4.69, 9.17) is 16.4 Å². The summed E-state index contributed by atoms with van der Waals surface area (Å²) in [6, 6.07) is 0. The molecule has 0 fully saturated rings. The van der Waals surface area contributed by atoms with Gasteiger partial charge in [-0.05, 0) is 25.4 Å². The largest absolute Gasteiger partial charge is 0.382 e. The van der Waals surface area contributed by atoms with Crippen LogP contribution in [0.2, 0.25) is 0 Å². The van der Waals surface area contributed by atoms with E-state index in [9.17, 15) is 4.79 Å². The van der Waals surface area contributed by atoms with Crippen molar-refractivity contribution in [3.63, 3.8) is 0 Å². The second-order valence-corrected chi connectivity index (χ2v) is 3.97. The van der Waals surface area contributed by atoms with Gasteiger partial charge in [-0.1, -0.05) is 5.16 Å². The molecule has 2 heterocycles. The van der Waals surface area contributed by atoms with Crippen LogP contribution in [-0.2, 0) is 16.2 Å². The van der Waals surface area contributed by atoms with Gasteiger partial charge in [-0.25, -0.2) is 0 Å². The number of nitrogens with zero attached hydrogens (tertiary/aromatic N) is 3. The number of oxime groups is 1. The Balaban J connectivity index is 2.20. The molecule has 1 unspecified atom stereocenters. The van der Waals surface area contributed by atoms with Crippen LogP contribution in [-0.4, -0.2) is 26.8 Å². The monoisotopic (exact) mass is 241 g/mol. The first-order valence-corrected chi connectivity index (χ1v) is 5.46. The van der Waals surface area contributed by atoms with Gasteiger partial charge in [0.15, 0.2) is 0 Å². The topological polar surface area (TPSA) is 56.5 Å². The lowest BCUT2D eigenvalue weighted by atomic mass is 10.1. The van der Waals surface area contributed by atoms with Gasteiger partial charge in [0.05, 0.1) is 11.9 Å². The maximum Gasteiger partial charge on any atom is 0.265 e. The molecule has 0 aromatic carbocycles. The van der Waals surface area contributed by atoms with Crippen LogP contribution in [0.3, 0.4) is 0 Å². The standard InChI is InChI=1S/C10H12ClN3O2/c1-3-14-6(2)7(5-12-14)8-4-9(10(11)15)16-13-8/h5,9H,3-4H2,1-2H3. The molecule has 1 atom stereocenters. The summed E-state index contributed by atoms with van der Waals surface area (Å²) in [5, 5.41) is 7.57. The highest BCUT2D eigenvalue weighted by Crippen LogP contribution is 2.20. The molecule has 0 saturated heterocycles. The van der Waals surface area contributed by atoms with Gasteiger partial charge < -0.3 is 4.84 Å². The van der Waals surface area contributed by atoms with E-state index in [0.29, 0.717) is 6.42 Å². The fourth-order valence-corrected chi connectivity index (χ4v) is 1.82. The van der Waals surface area contributed by atoms with Gasteiger partial charge in [0.2, 0.25) is 6.10 Å². The predicted molar refractivity (Wildman–Crippen MR) is 59.5 cm³/mol. The van der Waals surface area contributed by atoms with Crippen LogP contribution in [0, 0.1) is 6.92 Å².